The van der Waals surface area contributed by atoms with E-state index in [1.54, 1.807) is 31.4 Å². The number of aromatic nitrogens is 1. The van der Waals surface area contributed by atoms with E-state index >= 15 is 0 Å². The van der Waals surface area contributed by atoms with Crippen molar-refractivity contribution in [3.8, 4) is 11.1 Å². The number of rotatable bonds is 6. The molecular formula is C22H27N3O4. The number of pyridine rings is 1. The minimum atomic E-state index is -1.14. The minimum absolute atomic E-state index is 0.0141. The van der Waals surface area contributed by atoms with Crippen molar-refractivity contribution in [3.63, 3.8) is 0 Å². The second-order valence-corrected chi connectivity index (χ2v) is 7.36. The van der Waals surface area contributed by atoms with Crippen LogP contribution in [0.5, 0.6) is 0 Å². The normalized spacial score (nSPS) is 19.1. The van der Waals surface area contributed by atoms with Crippen LogP contribution in [-0.2, 0) is 25.5 Å². The van der Waals surface area contributed by atoms with Crippen LogP contribution in [0.1, 0.15) is 5.56 Å². The molecule has 0 saturated carbocycles. The fourth-order valence-electron chi connectivity index (χ4n) is 3.73. The van der Waals surface area contributed by atoms with Gasteiger partial charge in [0.15, 0.2) is 5.60 Å². The van der Waals surface area contributed by atoms with Gasteiger partial charge < -0.3 is 19.3 Å². The van der Waals surface area contributed by atoms with Crippen LogP contribution in [0, 0.1) is 0 Å². The van der Waals surface area contributed by atoms with Crippen LogP contribution < -0.4 is 0 Å². The summed E-state index contributed by atoms with van der Waals surface area (Å²) in [4.78, 5) is 32.9. The number of methoxy groups -OCH3 is 1. The van der Waals surface area contributed by atoms with Gasteiger partial charge in [0, 0.05) is 46.6 Å². The molecule has 2 amide bonds. The molecule has 3 rings (SSSR count). The standard InChI is InChI=1S/C22H27N3O4/c1-24(2)21(27)22(16-25(12-13-29-22)20(26)15-28-3)14-18-6-4-5-7-19(18)17-8-10-23-11-9-17/h4-11H,12-16H2,1-3H3/t22-/m0/s1. The van der Waals surface area contributed by atoms with Crippen molar-refractivity contribution in [1.29, 1.82) is 0 Å². The molecule has 154 valence electrons. The molecule has 1 atom stereocenters. The lowest BCUT2D eigenvalue weighted by Crippen LogP contribution is -2.62. The third-order valence-electron chi connectivity index (χ3n) is 5.09. The summed E-state index contributed by atoms with van der Waals surface area (Å²) in [5.41, 5.74) is 1.87. The van der Waals surface area contributed by atoms with Gasteiger partial charge in [0.2, 0.25) is 5.91 Å². The summed E-state index contributed by atoms with van der Waals surface area (Å²) in [5, 5.41) is 0. The third-order valence-corrected chi connectivity index (χ3v) is 5.09. The molecule has 1 aromatic heterocycles. The molecule has 1 aliphatic heterocycles. The molecule has 29 heavy (non-hydrogen) atoms. The summed E-state index contributed by atoms with van der Waals surface area (Å²) in [5.74, 6) is -0.300. The largest absolute Gasteiger partial charge is 0.375 e. The Morgan fingerprint density at radius 2 is 1.93 bits per heavy atom. The number of likely N-dealkylation sites (N-methyl/N-ethyl adjacent to an activating group) is 1. The predicted molar refractivity (Wildman–Crippen MR) is 109 cm³/mol. The van der Waals surface area contributed by atoms with Crippen molar-refractivity contribution < 1.29 is 19.1 Å². The maximum atomic E-state index is 13.2. The van der Waals surface area contributed by atoms with Crippen molar-refractivity contribution in [2.24, 2.45) is 0 Å². The highest BCUT2D eigenvalue weighted by molar-refractivity contribution is 5.87. The summed E-state index contributed by atoms with van der Waals surface area (Å²) in [6.45, 7) is 0.917. The minimum Gasteiger partial charge on any atom is -0.375 e. The number of morpholine rings is 1. The number of carbonyl (C=O) groups is 2. The Balaban J connectivity index is 1.98. The van der Waals surface area contributed by atoms with Crippen LogP contribution in [-0.4, -0.2) is 79.7 Å². The number of hydrogen-bond acceptors (Lipinski definition) is 5. The van der Waals surface area contributed by atoms with Crippen molar-refractivity contribution in [3.05, 3.63) is 54.4 Å². The van der Waals surface area contributed by atoms with Crippen LogP contribution in [0.3, 0.4) is 0 Å². The third kappa shape index (κ3) is 4.63. The SMILES string of the molecule is COCC(=O)N1CCO[C@](Cc2ccccc2-c2ccncc2)(C(=O)N(C)C)C1. The van der Waals surface area contributed by atoms with Crippen LogP contribution in [0.25, 0.3) is 11.1 Å². The Labute approximate surface area is 171 Å². The fourth-order valence-corrected chi connectivity index (χ4v) is 3.73. The van der Waals surface area contributed by atoms with E-state index in [1.807, 2.05) is 36.4 Å². The van der Waals surface area contributed by atoms with Gasteiger partial charge in [-0.05, 0) is 28.8 Å². The Morgan fingerprint density at radius 3 is 2.62 bits per heavy atom. The zero-order valence-electron chi connectivity index (χ0n) is 17.1. The van der Waals surface area contributed by atoms with E-state index < -0.39 is 5.60 Å². The molecule has 1 fully saturated rings. The lowest BCUT2D eigenvalue weighted by molar-refractivity contribution is -0.173. The number of ether oxygens (including phenoxy) is 2. The predicted octanol–water partition coefficient (Wildman–Crippen LogP) is 1.62. The molecule has 0 bridgehead atoms. The maximum Gasteiger partial charge on any atom is 0.256 e. The van der Waals surface area contributed by atoms with Crippen molar-refractivity contribution in [2.45, 2.75) is 12.0 Å². The lowest BCUT2D eigenvalue weighted by atomic mass is 9.87. The van der Waals surface area contributed by atoms with E-state index in [-0.39, 0.29) is 25.0 Å². The molecule has 2 heterocycles. The number of nitrogens with zero attached hydrogens (tertiary/aromatic N) is 3. The number of carbonyl (C=O) groups excluding carboxylic acids is 2. The molecule has 0 aliphatic carbocycles. The van der Waals surface area contributed by atoms with Gasteiger partial charge in [-0.2, -0.15) is 0 Å². The van der Waals surface area contributed by atoms with Crippen LogP contribution >= 0.6 is 0 Å². The van der Waals surface area contributed by atoms with Gasteiger partial charge in [-0.15, -0.1) is 0 Å². The van der Waals surface area contributed by atoms with Gasteiger partial charge in [0.25, 0.3) is 5.91 Å². The summed E-state index contributed by atoms with van der Waals surface area (Å²) >= 11 is 0. The van der Waals surface area contributed by atoms with Crippen LogP contribution in [0.4, 0.5) is 0 Å². The first-order valence-electron chi connectivity index (χ1n) is 9.57. The quantitative estimate of drug-likeness (QED) is 0.741. The Bertz CT molecular complexity index is 856. The zero-order valence-corrected chi connectivity index (χ0v) is 17.1. The average molecular weight is 397 g/mol. The molecule has 7 heteroatoms. The molecular weight excluding hydrogens is 370 g/mol. The number of benzene rings is 1. The molecule has 0 radical (unpaired) electrons. The molecule has 7 nitrogen and oxygen atoms in total. The molecule has 1 aromatic carbocycles. The lowest BCUT2D eigenvalue weighted by Gasteiger charge is -2.43. The smallest absolute Gasteiger partial charge is 0.256 e. The van der Waals surface area contributed by atoms with Crippen molar-refractivity contribution >= 4 is 11.8 Å². The first kappa shape index (κ1) is 21.0. The van der Waals surface area contributed by atoms with E-state index in [9.17, 15) is 9.59 Å². The van der Waals surface area contributed by atoms with Crippen LogP contribution in [0.2, 0.25) is 0 Å². The highest BCUT2D eigenvalue weighted by Gasteiger charge is 2.46. The van der Waals surface area contributed by atoms with Crippen LogP contribution in [0.15, 0.2) is 48.8 Å². The number of hydrogen-bond donors (Lipinski definition) is 0. The van der Waals surface area contributed by atoms with E-state index in [0.29, 0.717) is 19.6 Å². The first-order chi connectivity index (χ1) is 14.0. The summed E-state index contributed by atoms with van der Waals surface area (Å²) < 4.78 is 11.1. The summed E-state index contributed by atoms with van der Waals surface area (Å²) in [6.07, 6.45) is 3.85. The van der Waals surface area contributed by atoms with Gasteiger partial charge in [-0.25, -0.2) is 0 Å². The average Bonchev–Trinajstić information content (AvgIpc) is 2.74. The molecule has 0 unspecified atom stereocenters. The van der Waals surface area contributed by atoms with Crippen molar-refractivity contribution in [2.75, 3.05) is 47.5 Å². The topological polar surface area (TPSA) is 72.0 Å². The highest BCUT2D eigenvalue weighted by Crippen LogP contribution is 2.31. The maximum absolute atomic E-state index is 13.2. The van der Waals surface area contributed by atoms with Gasteiger partial charge >= 0.3 is 0 Å². The van der Waals surface area contributed by atoms with E-state index in [1.165, 1.54) is 12.0 Å². The Kier molecular flexibility index (Phi) is 6.61. The van der Waals surface area contributed by atoms with Gasteiger partial charge in [-0.3, -0.25) is 14.6 Å². The van der Waals surface area contributed by atoms with Crippen molar-refractivity contribution in [1.82, 2.24) is 14.8 Å². The zero-order chi connectivity index (χ0) is 20.9. The molecule has 1 saturated heterocycles. The molecule has 0 spiro atoms. The fraction of sp³-hybridized carbons (Fsp3) is 0.409. The Hall–Kier alpha value is -2.77. The number of amides is 2. The van der Waals surface area contributed by atoms with Gasteiger partial charge in [-0.1, -0.05) is 24.3 Å². The summed E-state index contributed by atoms with van der Waals surface area (Å²) in [7, 11) is 4.90. The Morgan fingerprint density at radius 1 is 1.21 bits per heavy atom. The highest BCUT2D eigenvalue weighted by atomic mass is 16.5. The molecule has 1 aliphatic rings. The second kappa shape index (κ2) is 9.15. The van der Waals surface area contributed by atoms with E-state index in [0.717, 1.165) is 16.7 Å². The summed E-state index contributed by atoms with van der Waals surface area (Å²) in [6, 6.07) is 11.8. The second-order valence-electron chi connectivity index (χ2n) is 7.36. The molecule has 0 N–H and O–H groups in total. The monoisotopic (exact) mass is 397 g/mol. The van der Waals surface area contributed by atoms with Gasteiger partial charge in [0.05, 0.1) is 13.2 Å². The van der Waals surface area contributed by atoms with E-state index in [4.69, 9.17) is 9.47 Å². The van der Waals surface area contributed by atoms with Gasteiger partial charge in [0.1, 0.15) is 6.61 Å². The molecule has 2 aromatic rings. The van der Waals surface area contributed by atoms with E-state index in [2.05, 4.69) is 4.98 Å². The first-order valence-corrected chi connectivity index (χ1v) is 9.57.